The Morgan fingerprint density at radius 1 is 0.821 bits per heavy atom. The van der Waals surface area contributed by atoms with Crippen molar-refractivity contribution in [2.45, 2.75) is 32.4 Å². The average Bonchev–Trinajstić information content (AvgIpc) is 2.81. The lowest BCUT2D eigenvalue weighted by Crippen LogP contribution is -2.38. The molecule has 0 fully saturated rings. The van der Waals surface area contributed by atoms with Crippen molar-refractivity contribution in [1.29, 1.82) is 0 Å². The summed E-state index contributed by atoms with van der Waals surface area (Å²) in [7, 11) is -5.17. The van der Waals surface area contributed by atoms with Crippen LogP contribution in [0.25, 0.3) is 0 Å². The van der Waals surface area contributed by atoms with Crippen molar-refractivity contribution in [2.24, 2.45) is 0 Å². The molecule has 0 aromatic heterocycles. The van der Waals surface area contributed by atoms with Gasteiger partial charge in [-0.1, -0.05) is 0 Å². The fourth-order valence-corrected chi connectivity index (χ4v) is 2.95. The van der Waals surface area contributed by atoms with Crippen LogP contribution in [0.4, 0.5) is 0 Å². The second-order valence-corrected chi connectivity index (χ2v) is 9.98. The van der Waals surface area contributed by atoms with Crippen LogP contribution >= 0.6 is 0 Å². The van der Waals surface area contributed by atoms with E-state index in [4.69, 9.17) is 27.0 Å². The zero-order valence-corrected chi connectivity index (χ0v) is 22.0. The van der Waals surface area contributed by atoms with Gasteiger partial charge in [0.05, 0.1) is 17.2 Å². The lowest BCUT2D eigenvalue weighted by molar-refractivity contribution is 0.0730. The van der Waals surface area contributed by atoms with Gasteiger partial charge in [0, 0.05) is 28.5 Å². The zero-order valence-electron chi connectivity index (χ0n) is 21.2. The van der Waals surface area contributed by atoms with Gasteiger partial charge in [0.25, 0.3) is 0 Å². The molecule has 3 aromatic carbocycles. The highest BCUT2D eigenvalue weighted by atomic mass is 32.3. The predicted molar refractivity (Wildman–Crippen MR) is 136 cm³/mol. The molecule has 0 bridgehead atoms. The van der Waals surface area contributed by atoms with Crippen molar-refractivity contribution >= 4 is 22.3 Å². The normalized spacial score (nSPS) is 12.1. The van der Waals surface area contributed by atoms with Gasteiger partial charge in [0.15, 0.2) is 0 Å². The number of phenols is 2. The molecule has 4 N–H and O–H groups in total. The summed E-state index contributed by atoms with van der Waals surface area (Å²) in [4.78, 5) is 25.1. The van der Waals surface area contributed by atoms with Crippen LogP contribution in [0.15, 0.2) is 66.7 Å². The smallest absolute Gasteiger partial charge is 0.343 e. The number of carbonyl (C=O) groups excluding carboxylic acids is 2. The molecule has 0 saturated heterocycles. The van der Waals surface area contributed by atoms with Crippen LogP contribution in [0.2, 0.25) is 0 Å². The van der Waals surface area contributed by atoms with E-state index in [1.807, 2.05) is 20.8 Å². The molecule has 0 amide bonds. The maximum atomic E-state index is 12.5. The van der Waals surface area contributed by atoms with E-state index in [9.17, 15) is 24.9 Å². The van der Waals surface area contributed by atoms with Gasteiger partial charge in [-0.2, -0.15) is 0 Å². The number of nitrogens with one attached hydrogen (secondary N) is 1. The van der Waals surface area contributed by atoms with E-state index in [-0.39, 0.29) is 46.2 Å². The molecule has 0 radical (unpaired) electrons. The summed E-state index contributed by atoms with van der Waals surface area (Å²) in [6.45, 7) is 6.09. The number of hydrogen-bond donors (Lipinski definition) is 4. The molecular weight excluding hydrogens is 534 g/mol. The van der Waals surface area contributed by atoms with E-state index in [0.29, 0.717) is 5.56 Å². The number of rotatable bonds is 7. The first-order valence-corrected chi connectivity index (χ1v) is 12.6. The largest absolute Gasteiger partial charge is 0.759 e. The summed E-state index contributed by atoms with van der Waals surface area (Å²) in [5, 5.41) is 32.7. The minimum atomic E-state index is -5.17. The maximum absolute atomic E-state index is 12.5. The maximum Gasteiger partial charge on any atom is 0.343 e. The standard InChI is InChI=1S/C26H27NO7.H2O4S/c1-26(2,3)27-15-23(30)18-12-21(33-24(31)16-4-8-19(28)9-5-16)14-22(13-18)34-25(32)17-6-10-20(29)11-7-17;1-5(2,3)4/h4-14,23,27-30H,15H2,1-3H3;(H2,1,2,3,4)/p-2. The first kappa shape index (κ1) is 31.2. The zero-order chi connectivity index (χ0) is 29.4. The summed E-state index contributed by atoms with van der Waals surface area (Å²) in [6, 6.07) is 15.4. The van der Waals surface area contributed by atoms with Crippen LogP contribution in [-0.4, -0.2) is 56.9 Å². The van der Waals surface area contributed by atoms with Crippen molar-refractivity contribution in [2.75, 3.05) is 6.54 Å². The molecule has 0 aliphatic carbocycles. The number of benzene rings is 3. The third kappa shape index (κ3) is 11.9. The highest BCUT2D eigenvalue weighted by Crippen LogP contribution is 2.28. The third-order valence-electron chi connectivity index (χ3n) is 4.74. The number of phenolic OH excluding ortho intramolecular Hbond substituents is 2. The number of hydrogen-bond acceptors (Lipinski definition) is 12. The Kier molecular flexibility index (Phi) is 10.5. The second-order valence-electron chi connectivity index (χ2n) is 9.17. The number of ether oxygens (including phenoxy) is 2. The van der Waals surface area contributed by atoms with Crippen molar-refractivity contribution in [1.82, 2.24) is 5.32 Å². The number of aliphatic hydroxyl groups excluding tert-OH is 1. The summed E-state index contributed by atoms with van der Waals surface area (Å²) >= 11 is 0. The van der Waals surface area contributed by atoms with Crippen molar-refractivity contribution in [3.8, 4) is 23.0 Å². The molecule has 0 aliphatic heterocycles. The predicted octanol–water partition coefficient (Wildman–Crippen LogP) is 2.62. The van der Waals surface area contributed by atoms with Crippen LogP contribution in [0.3, 0.4) is 0 Å². The van der Waals surface area contributed by atoms with Gasteiger partial charge in [-0.05, 0) is 87.0 Å². The van der Waals surface area contributed by atoms with E-state index < -0.39 is 28.4 Å². The minimum absolute atomic E-state index is 0.0106. The topological polar surface area (TPSA) is 206 Å². The van der Waals surface area contributed by atoms with Gasteiger partial charge in [-0.25, -0.2) is 9.59 Å². The van der Waals surface area contributed by atoms with Crippen LogP contribution in [0, 0.1) is 0 Å². The SMILES string of the molecule is CC(C)(C)NCC(O)c1cc(OC(=O)c2ccc(O)cc2)cc(OC(=O)c2ccc(O)cc2)c1.O=S(=O)([O-])[O-]. The quantitative estimate of drug-likeness (QED) is 0.142. The summed E-state index contributed by atoms with van der Waals surface area (Å²) in [6.07, 6.45) is -0.974. The lowest BCUT2D eigenvalue weighted by Gasteiger charge is -2.23. The van der Waals surface area contributed by atoms with E-state index >= 15 is 0 Å². The number of carbonyl (C=O) groups is 2. The molecule has 210 valence electrons. The van der Waals surface area contributed by atoms with Gasteiger partial charge in [0.2, 0.25) is 0 Å². The van der Waals surface area contributed by atoms with E-state index in [1.54, 1.807) is 0 Å². The lowest BCUT2D eigenvalue weighted by atomic mass is 10.1. The Morgan fingerprint density at radius 2 is 1.18 bits per heavy atom. The number of aliphatic hydroxyl groups is 1. The van der Waals surface area contributed by atoms with Crippen molar-refractivity contribution < 1.29 is 51.9 Å². The number of esters is 2. The number of β-amino-alcohol motifs (C(OH)–C–C–N with tert-alkyl or cyclic N) is 1. The van der Waals surface area contributed by atoms with Crippen LogP contribution in [0.1, 0.15) is 53.2 Å². The Balaban J connectivity index is 0.000000976. The summed E-state index contributed by atoms with van der Waals surface area (Å²) in [5.41, 5.74) is 0.556. The van der Waals surface area contributed by atoms with E-state index in [0.717, 1.165) is 0 Å². The van der Waals surface area contributed by atoms with Crippen LogP contribution in [0.5, 0.6) is 23.0 Å². The van der Waals surface area contributed by atoms with E-state index in [2.05, 4.69) is 5.32 Å². The highest BCUT2D eigenvalue weighted by molar-refractivity contribution is 7.79. The van der Waals surface area contributed by atoms with Gasteiger partial charge in [-0.15, -0.1) is 0 Å². The van der Waals surface area contributed by atoms with Gasteiger partial charge < -0.3 is 39.2 Å². The molecule has 0 spiro atoms. The molecule has 3 rings (SSSR count). The molecular formula is C26H27NO11S-2. The van der Waals surface area contributed by atoms with Gasteiger partial charge >= 0.3 is 11.9 Å². The molecule has 0 saturated carbocycles. The summed E-state index contributed by atoms with van der Waals surface area (Å²) < 4.78 is 45.0. The summed E-state index contributed by atoms with van der Waals surface area (Å²) in [5.74, 6) is -1.21. The fraction of sp³-hybridized carbons (Fsp3) is 0.231. The number of aromatic hydroxyl groups is 2. The molecule has 39 heavy (non-hydrogen) atoms. The Morgan fingerprint density at radius 3 is 1.51 bits per heavy atom. The molecule has 0 heterocycles. The highest BCUT2D eigenvalue weighted by Gasteiger charge is 2.18. The molecule has 3 aromatic rings. The second kappa shape index (κ2) is 13.2. The minimum Gasteiger partial charge on any atom is -0.759 e. The monoisotopic (exact) mass is 561 g/mol. The van der Waals surface area contributed by atoms with E-state index in [1.165, 1.54) is 66.7 Å². The van der Waals surface area contributed by atoms with Crippen LogP contribution in [-0.2, 0) is 10.4 Å². The van der Waals surface area contributed by atoms with Crippen molar-refractivity contribution in [3.05, 3.63) is 83.4 Å². The van der Waals surface area contributed by atoms with Crippen molar-refractivity contribution in [3.63, 3.8) is 0 Å². The average molecular weight is 562 g/mol. The van der Waals surface area contributed by atoms with Gasteiger partial charge in [-0.3, -0.25) is 8.42 Å². The molecule has 1 atom stereocenters. The molecule has 13 heteroatoms. The molecule has 0 aliphatic rings. The fourth-order valence-electron chi connectivity index (χ4n) is 2.95. The Hall–Kier alpha value is -4.01. The first-order valence-electron chi connectivity index (χ1n) is 11.3. The van der Waals surface area contributed by atoms with Gasteiger partial charge in [0.1, 0.15) is 23.0 Å². The Bertz CT molecular complexity index is 1300. The first-order chi connectivity index (χ1) is 18.0. The Labute approximate surface area is 225 Å². The molecule has 12 nitrogen and oxygen atoms in total. The molecule has 1 unspecified atom stereocenters. The third-order valence-corrected chi connectivity index (χ3v) is 4.74. The van der Waals surface area contributed by atoms with Crippen LogP contribution < -0.4 is 14.8 Å².